The molecule has 70 heavy (non-hydrogen) atoms. The largest absolute Gasteiger partial charge is 0.457 e. The van der Waals surface area contributed by atoms with E-state index in [4.69, 9.17) is 19.7 Å². The van der Waals surface area contributed by atoms with E-state index in [1.807, 2.05) is 36.4 Å². The third-order valence-electron chi connectivity index (χ3n) is 13.3. The van der Waals surface area contributed by atoms with Crippen molar-refractivity contribution in [1.29, 1.82) is 0 Å². The molecule has 11 aromatic carbocycles. The molecule has 0 amide bonds. The van der Waals surface area contributed by atoms with E-state index in [2.05, 4.69) is 223 Å². The Morgan fingerprint density at radius 2 is 0.743 bits per heavy atom. The molecule has 0 radical (unpaired) electrons. The molecule has 5 heteroatoms. The minimum Gasteiger partial charge on any atom is -0.457 e. The van der Waals surface area contributed by atoms with E-state index in [1.165, 1.54) is 54.5 Å². The highest BCUT2D eigenvalue weighted by atomic mass is 16.5. The quantitative estimate of drug-likeness (QED) is 0.145. The molecule has 5 nitrogen and oxygen atoms in total. The fraction of sp³-hybridized carbons (Fsp3) is 0. The van der Waals surface area contributed by atoms with Gasteiger partial charge in [-0.15, -0.1) is 0 Å². The SMILES string of the molecule is c1ccc(-n2c3ccccc3c3cc(-c4ccc(Oc5cccc(-c6nc(-c7ccc(-c8cccc9ccccc89)cc7)nc(-c7ccc(-c8cccc9ccccc89)cc7)n6)c5)cc4)ccc32)cc1. The Morgan fingerprint density at radius 3 is 1.37 bits per heavy atom. The molecule has 0 saturated heterocycles. The lowest BCUT2D eigenvalue weighted by Gasteiger charge is -2.12. The van der Waals surface area contributed by atoms with E-state index in [1.54, 1.807) is 0 Å². The van der Waals surface area contributed by atoms with Crippen LogP contribution in [0.25, 0.3) is 117 Å². The van der Waals surface area contributed by atoms with Gasteiger partial charge in [-0.05, 0) is 110 Å². The molecular weight excluding hydrogens is 853 g/mol. The zero-order valence-electron chi connectivity index (χ0n) is 37.9. The second-order valence-electron chi connectivity index (χ2n) is 17.6. The Kier molecular flexibility index (Phi) is 10.1. The predicted octanol–water partition coefficient (Wildman–Crippen LogP) is 17.1. The van der Waals surface area contributed by atoms with Gasteiger partial charge in [-0.25, -0.2) is 15.0 Å². The number of fused-ring (bicyclic) bond motifs is 5. The van der Waals surface area contributed by atoms with Crippen molar-refractivity contribution < 1.29 is 4.74 Å². The van der Waals surface area contributed by atoms with Crippen LogP contribution in [0.2, 0.25) is 0 Å². The van der Waals surface area contributed by atoms with Gasteiger partial charge in [0.15, 0.2) is 17.5 Å². The van der Waals surface area contributed by atoms with Gasteiger partial charge in [0.25, 0.3) is 0 Å². The van der Waals surface area contributed by atoms with Crippen LogP contribution < -0.4 is 4.74 Å². The summed E-state index contributed by atoms with van der Waals surface area (Å²) in [6, 6.07) is 89.1. The number of ether oxygens (including phenoxy) is 1. The molecule has 13 aromatic rings. The summed E-state index contributed by atoms with van der Waals surface area (Å²) in [4.78, 5) is 15.4. The lowest BCUT2D eigenvalue weighted by molar-refractivity contribution is 0.483. The predicted molar refractivity (Wildman–Crippen MR) is 288 cm³/mol. The number of benzene rings is 11. The summed E-state index contributed by atoms with van der Waals surface area (Å²) in [7, 11) is 0. The van der Waals surface area contributed by atoms with Gasteiger partial charge < -0.3 is 9.30 Å². The average Bonchev–Trinajstić information content (AvgIpc) is 3.77. The maximum absolute atomic E-state index is 6.54. The molecule has 0 atom stereocenters. The Balaban J connectivity index is 0.826. The van der Waals surface area contributed by atoms with Crippen LogP contribution in [0.3, 0.4) is 0 Å². The lowest BCUT2D eigenvalue weighted by atomic mass is 9.97. The van der Waals surface area contributed by atoms with Gasteiger partial charge >= 0.3 is 0 Å². The van der Waals surface area contributed by atoms with Crippen LogP contribution in [0.1, 0.15) is 0 Å². The maximum atomic E-state index is 6.54. The Hall–Kier alpha value is -9.45. The van der Waals surface area contributed by atoms with Crippen molar-refractivity contribution in [1.82, 2.24) is 19.5 Å². The van der Waals surface area contributed by atoms with Gasteiger partial charge in [-0.1, -0.05) is 200 Å². The van der Waals surface area contributed by atoms with Gasteiger partial charge in [-0.2, -0.15) is 0 Å². The molecule has 0 aliphatic rings. The third kappa shape index (κ3) is 7.52. The van der Waals surface area contributed by atoms with Gasteiger partial charge in [0.2, 0.25) is 0 Å². The number of para-hydroxylation sites is 2. The summed E-state index contributed by atoms with van der Waals surface area (Å²) in [6.45, 7) is 0. The van der Waals surface area contributed by atoms with Crippen LogP contribution in [0.15, 0.2) is 255 Å². The molecular formula is C65H42N4O. The van der Waals surface area contributed by atoms with Crippen LogP contribution in [-0.4, -0.2) is 19.5 Å². The summed E-state index contributed by atoms with van der Waals surface area (Å²) in [5, 5.41) is 7.30. The van der Waals surface area contributed by atoms with Gasteiger partial charge in [0.05, 0.1) is 11.0 Å². The summed E-state index contributed by atoms with van der Waals surface area (Å²) in [5.74, 6) is 3.15. The highest BCUT2D eigenvalue weighted by molar-refractivity contribution is 6.10. The first-order chi connectivity index (χ1) is 34.7. The molecule has 0 aliphatic carbocycles. The fourth-order valence-corrected chi connectivity index (χ4v) is 9.87. The standard InChI is InChI=1S/C65H42N4O/c1-2-18-52(19-3-1)69-61-26-9-8-23-59(61)60-42-50(37-40-62(60)69)43-35-38-53(39-36-43)70-54-20-10-17-51(41-54)65-67-63(48-31-27-46(28-32-48)57-24-11-15-44-13-4-6-21-55(44)57)66-64(68-65)49-33-29-47(30-34-49)58-25-12-16-45-14-5-7-22-56(45)58/h1-42H. The van der Waals surface area contributed by atoms with E-state index in [9.17, 15) is 0 Å². The maximum Gasteiger partial charge on any atom is 0.164 e. The minimum atomic E-state index is 0.557. The molecule has 0 saturated carbocycles. The third-order valence-corrected chi connectivity index (χ3v) is 13.3. The van der Waals surface area contributed by atoms with Crippen LogP contribution in [-0.2, 0) is 0 Å². The molecule has 0 spiro atoms. The Labute approximate surface area is 405 Å². The van der Waals surface area contributed by atoms with Crippen molar-refractivity contribution >= 4 is 43.4 Å². The topological polar surface area (TPSA) is 52.8 Å². The van der Waals surface area contributed by atoms with Crippen LogP contribution in [0.5, 0.6) is 11.5 Å². The zero-order chi connectivity index (χ0) is 46.4. The number of hydrogen-bond acceptors (Lipinski definition) is 4. The van der Waals surface area contributed by atoms with E-state index in [-0.39, 0.29) is 0 Å². The van der Waals surface area contributed by atoms with E-state index >= 15 is 0 Å². The van der Waals surface area contributed by atoms with Crippen LogP contribution in [0.4, 0.5) is 0 Å². The van der Waals surface area contributed by atoms with Gasteiger partial charge in [0, 0.05) is 33.2 Å². The molecule has 0 bridgehead atoms. The number of nitrogens with zero attached hydrogens (tertiary/aromatic N) is 4. The molecule has 0 aliphatic heterocycles. The van der Waals surface area contributed by atoms with Gasteiger partial charge in [0.1, 0.15) is 11.5 Å². The second-order valence-corrected chi connectivity index (χ2v) is 17.6. The molecule has 13 rings (SSSR count). The average molecular weight is 895 g/mol. The zero-order valence-corrected chi connectivity index (χ0v) is 37.9. The Bertz CT molecular complexity index is 3920. The fourth-order valence-electron chi connectivity index (χ4n) is 9.87. The van der Waals surface area contributed by atoms with E-state index < -0.39 is 0 Å². The van der Waals surface area contributed by atoms with Crippen molar-refractivity contribution in [2.75, 3.05) is 0 Å². The van der Waals surface area contributed by atoms with Crippen molar-refractivity contribution in [3.63, 3.8) is 0 Å². The molecule has 0 fully saturated rings. The summed E-state index contributed by atoms with van der Waals surface area (Å²) < 4.78 is 8.88. The summed E-state index contributed by atoms with van der Waals surface area (Å²) in [6.07, 6.45) is 0. The van der Waals surface area contributed by atoms with Crippen LogP contribution >= 0.6 is 0 Å². The highest BCUT2D eigenvalue weighted by Gasteiger charge is 2.16. The normalized spacial score (nSPS) is 11.4. The molecule has 328 valence electrons. The smallest absolute Gasteiger partial charge is 0.164 e. The molecule has 2 aromatic heterocycles. The number of aromatic nitrogens is 4. The summed E-state index contributed by atoms with van der Waals surface area (Å²) >= 11 is 0. The second kappa shape index (κ2) is 17.3. The minimum absolute atomic E-state index is 0.557. The first-order valence-corrected chi connectivity index (χ1v) is 23.6. The number of hydrogen-bond donors (Lipinski definition) is 0. The molecule has 2 heterocycles. The first-order valence-electron chi connectivity index (χ1n) is 23.6. The van der Waals surface area contributed by atoms with Gasteiger partial charge in [-0.3, -0.25) is 0 Å². The lowest BCUT2D eigenvalue weighted by Crippen LogP contribution is -2.00. The van der Waals surface area contributed by atoms with Crippen molar-refractivity contribution in [3.8, 4) is 84.7 Å². The van der Waals surface area contributed by atoms with E-state index in [0.717, 1.165) is 50.4 Å². The highest BCUT2D eigenvalue weighted by Crippen LogP contribution is 2.37. The van der Waals surface area contributed by atoms with Crippen LogP contribution in [0, 0.1) is 0 Å². The van der Waals surface area contributed by atoms with Crippen molar-refractivity contribution in [2.45, 2.75) is 0 Å². The first kappa shape index (κ1) is 40.8. The molecule has 0 N–H and O–H groups in total. The Morgan fingerprint density at radius 1 is 0.271 bits per heavy atom. The summed E-state index contributed by atoms with van der Waals surface area (Å²) in [5.41, 5.74) is 13.0. The monoisotopic (exact) mass is 894 g/mol. The van der Waals surface area contributed by atoms with Crippen molar-refractivity contribution in [2.24, 2.45) is 0 Å². The van der Waals surface area contributed by atoms with Crippen molar-refractivity contribution in [3.05, 3.63) is 255 Å². The van der Waals surface area contributed by atoms with E-state index in [0.29, 0.717) is 23.2 Å². The molecule has 0 unspecified atom stereocenters. The number of rotatable bonds is 9.